The molecule has 0 spiro atoms. The Morgan fingerprint density at radius 3 is 2.57 bits per heavy atom. The molecule has 4 nitrogen and oxygen atoms in total. The molecule has 14 heavy (non-hydrogen) atoms. The van der Waals surface area contributed by atoms with Crippen LogP contribution in [-0.2, 0) is 10.0 Å². The van der Waals surface area contributed by atoms with Crippen LogP contribution >= 0.6 is 11.3 Å². The summed E-state index contributed by atoms with van der Waals surface area (Å²) in [6.07, 6.45) is 1.86. The van der Waals surface area contributed by atoms with Gasteiger partial charge in [0.05, 0.1) is 17.2 Å². The summed E-state index contributed by atoms with van der Waals surface area (Å²) in [7, 11) is -3.20. The molecule has 0 radical (unpaired) electrons. The van der Waals surface area contributed by atoms with E-state index in [9.17, 15) is 13.2 Å². The molecule has 0 aromatic carbocycles. The Morgan fingerprint density at radius 2 is 2.14 bits per heavy atom. The number of aldehydes is 1. The van der Waals surface area contributed by atoms with Crippen LogP contribution in [0.15, 0.2) is 12.1 Å². The number of carbonyl (C=O) groups is 1. The third-order valence-corrected chi connectivity index (χ3v) is 3.56. The summed E-state index contributed by atoms with van der Waals surface area (Å²) in [5.41, 5.74) is 0. The van der Waals surface area contributed by atoms with Crippen LogP contribution in [0.25, 0.3) is 0 Å². The average molecular weight is 233 g/mol. The lowest BCUT2D eigenvalue weighted by molar-refractivity contribution is 0.112. The minimum Gasteiger partial charge on any atom is -0.297 e. The molecule has 0 unspecified atom stereocenters. The Kier molecular flexibility index (Phi) is 3.41. The lowest BCUT2D eigenvalue weighted by Gasteiger charge is -2.09. The first-order valence-electron chi connectivity index (χ1n) is 3.94. The van der Waals surface area contributed by atoms with Crippen LogP contribution in [0.2, 0.25) is 0 Å². The van der Waals surface area contributed by atoms with E-state index in [1.807, 2.05) is 0 Å². The van der Waals surface area contributed by atoms with Gasteiger partial charge in [-0.15, -0.1) is 11.3 Å². The minimum atomic E-state index is -3.20. The molecule has 1 aromatic heterocycles. The van der Waals surface area contributed by atoms with E-state index in [0.717, 1.165) is 17.4 Å². The van der Waals surface area contributed by atoms with Gasteiger partial charge in [0.2, 0.25) is 10.0 Å². The minimum absolute atomic E-state index is 0.288. The van der Waals surface area contributed by atoms with Crippen LogP contribution < -0.4 is 4.72 Å². The molecule has 0 aliphatic rings. The molecule has 0 saturated carbocycles. The normalized spacial score (nSPS) is 13.9. The van der Waals surface area contributed by atoms with Gasteiger partial charge in [0.1, 0.15) is 0 Å². The van der Waals surface area contributed by atoms with Gasteiger partial charge >= 0.3 is 0 Å². The van der Waals surface area contributed by atoms with Crippen molar-refractivity contribution < 1.29 is 13.2 Å². The van der Waals surface area contributed by atoms with Gasteiger partial charge in [-0.3, -0.25) is 4.79 Å². The van der Waals surface area contributed by atoms with Crippen molar-refractivity contribution >= 4 is 27.6 Å². The molecule has 1 heterocycles. The summed E-state index contributed by atoms with van der Waals surface area (Å²) in [4.78, 5) is 11.8. The third-order valence-electron chi connectivity index (χ3n) is 1.58. The van der Waals surface area contributed by atoms with E-state index in [0.29, 0.717) is 4.88 Å². The molecule has 0 bridgehead atoms. The van der Waals surface area contributed by atoms with E-state index < -0.39 is 10.0 Å². The van der Waals surface area contributed by atoms with E-state index in [1.165, 1.54) is 11.3 Å². The first-order chi connectivity index (χ1) is 6.42. The van der Waals surface area contributed by atoms with E-state index in [4.69, 9.17) is 0 Å². The number of sulfonamides is 1. The first kappa shape index (κ1) is 11.4. The van der Waals surface area contributed by atoms with Crippen LogP contribution in [0.3, 0.4) is 0 Å². The van der Waals surface area contributed by atoms with Crippen molar-refractivity contribution in [3.63, 3.8) is 0 Å². The Balaban J connectivity index is 2.79. The molecule has 0 aliphatic heterocycles. The molecule has 0 amide bonds. The molecule has 78 valence electrons. The topological polar surface area (TPSA) is 63.2 Å². The fourth-order valence-corrected chi connectivity index (χ4v) is 2.72. The van der Waals surface area contributed by atoms with Crippen LogP contribution in [0.5, 0.6) is 0 Å². The summed E-state index contributed by atoms with van der Waals surface area (Å²) >= 11 is 1.29. The van der Waals surface area contributed by atoms with Gasteiger partial charge < -0.3 is 0 Å². The van der Waals surface area contributed by atoms with Gasteiger partial charge in [-0.05, 0) is 19.1 Å². The fraction of sp³-hybridized carbons (Fsp3) is 0.375. The maximum absolute atomic E-state index is 10.9. The smallest absolute Gasteiger partial charge is 0.209 e. The molecular formula is C8H11NO3S2. The van der Waals surface area contributed by atoms with Gasteiger partial charge in [-0.25, -0.2) is 13.1 Å². The van der Waals surface area contributed by atoms with Gasteiger partial charge in [-0.2, -0.15) is 0 Å². The predicted molar refractivity (Wildman–Crippen MR) is 56.1 cm³/mol. The van der Waals surface area contributed by atoms with Crippen LogP contribution in [0.4, 0.5) is 0 Å². The number of nitrogens with one attached hydrogen (secondary N) is 1. The van der Waals surface area contributed by atoms with Crippen LogP contribution in [-0.4, -0.2) is 21.0 Å². The summed E-state index contributed by atoms with van der Waals surface area (Å²) in [5, 5.41) is 0. The maximum Gasteiger partial charge on any atom is 0.209 e. The van der Waals surface area contributed by atoms with Crippen molar-refractivity contribution in [1.82, 2.24) is 4.72 Å². The van der Waals surface area contributed by atoms with Crippen LogP contribution in [0, 0.1) is 0 Å². The SMILES string of the molecule is C[C@H](NS(C)(=O)=O)c1ccc(C=O)s1. The highest BCUT2D eigenvalue weighted by Gasteiger charge is 2.12. The lowest BCUT2D eigenvalue weighted by Crippen LogP contribution is -2.24. The quantitative estimate of drug-likeness (QED) is 0.794. The molecule has 6 heteroatoms. The molecule has 0 saturated heterocycles. The summed E-state index contributed by atoms with van der Waals surface area (Å²) in [6, 6.07) is 3.13. The van der Waals surface area contributed by atoms with Crippen molar-refractivity contribution in [3.05, 3.63) is 21.9 Å². The van der Waals surface area contributed by atoms with E-state index >= 15 is 0 Å². The number of rotatable bonds is 4. The van der Waals surface area contributed by atoms with Crippen molar-refractivity contribution in [2.24, 2.45) is 0 Å². The highest BCUT2D eigenvalue weighted by Crippen LogP contribution is 2.22. The highest BCUT2D eigenvalue weighted by atomic mass is 32.2. The number of hydrogen-bond donors (Lipinski definition) is 1. The summed E-state index contributed by atoms with van der Waals surface area (Å²) in [6.45, 7) is 1.74. The Morgan fingerprint density at radius 1 is 1.50 bits per heavy atom. The van der Waals surface area contributed by atoms with Crippen molar-refractivity contribution in [1.29, 1.82) is 0 Å². The number of thiophene rings is 1. The predicted octanol–water partition coefficient (Wildman–Crippen LogP) is 1.17. The van der Waals surface area contributed by atoms with E-state index in [2.05, 4.69) is 4.72 Å². The van der Waals surface area contributed by atoms with Crippen molar-refractivity contribution in [3.8, 4) is 0 Å². The zero-order chi connectivity index (χ0) is 10.8. The molecule has 1 N–H and O–H groups in total. The van der Waals surface area contributed by atoms with E-state index in [1.54, 1.807) is 19.1 Å². The maximum atomic E-state index is 10.9. The Hall–Kier alpha value is -0.720. The summed E-state index contributed by atoms with van der Waals surface area (Å²) < 4.78 is 24.3. The second-order valence-corrected chi connectivity index (χ2v) is 5.90. The molecule has 1 rings (SSSR count). The van der Waals surface area contributed by atoms with Crippen molar-refractivity contribution in [2.45, 2.75) is 13.0 Å². The molecule has 0 aliphatic carbocycles. The van der Waals surface area contributed by atoms with Gasteiger partial charge in [0.25, 0.3) is 0 Å². The second kappa shape index (κ2) is 4.20. The monoisotopic (exact) mass is 233 g/mol. The molecular weight excluding hydrogens is 222 g/mol. The molecule has 1 atom stereocenters. The van der Waals surface area contributed by atoms with Gasteiger partial charge in [0.15, 0.2) is 6.29 Å². The Labute approximate surface area is 87.0 Å². The average Bonchev–Trinajstić information content (AvgIpc) is 2.48. The van der Waals surface area contributed by atoms with Crippen LogP contribution in [0.1, 0.15) is 27.5 Å². The zero-order valence-electron chi connectivity index (χ0n) is 7.85. The first-order valence-corrected chi connectivity index (χ1v) is 6.65. The standard InChI is InChI=1S/C8H11NO3S2/c1-6(9-14(2,11)12)8-4-3-7(5-10)13-8/h3-6,9H,1-2H3/t6-/m0/s1. The second-order valence-electron chi connectivity index (χ2n) is 2.97. The number of carbonyl (C=O) groups excluding carboxylic acids is 1. The highest BCUT2D eigenvalue weighted by molar-refractivity contribution is 7.88. The van der Waals surface area contributed by atoms with Crippen molar-refractivity contribution in [2.75, 3.05) is 6.26 Å². The fourth-order valence-electron chi connectivity index (χ4n) is 1.04. The largest absolute Gasteiger partial charge is 0.297 e. The number of hydrogen-bond acceptors (Lipinski definition) is 4. The lowest BCUT2D eigenvalue weighted by atomic mass is 10.3. The third kappa shape index (κ3) is 3.21. The zero-order valence-corrected chi connectivity index (χ0v) is 9.48. The Bertz CT molecular complexity index is 422. The molecule has 1 aromatic rings. The molecule has 0 fully saturated rings. The van der Waals surface area contributed by atoms with E-state index in [-0.39, 0.29) is 6.04 Å². The van der Waals surface area contributed by atoms with Gasteiger partial charge in [0, 0.05) is 4.88 Å². The summed E-state index contributed by atoms with van der Waals surface area (Å²) in [5.74, 6) is 0. The van der Waals surface area contributed by atoms with Gasteiger partial charge in [-0.1, -0.05) is 0 Å².